The molecule has 2 aromatic rings. The summed E-state index contributed by atoms with van der Waals surface area (Å²) in [5, 5.41) is 21.7. The van der Waals surface area contributed by atoms with E-state index in [-0.39, 0.29) is 24.5 Å². The lowest BCUT2D eigenvalue weighted by Gasteiger charge is -2.07. The van der Waals surface area contributed by atoms with Crippen LogP contribution in [0.5, 0.6) is 0 Å². The van der Waals surface area contributed by atoms with Gasteiger partial charge in [0.25, 0.3) is 11.4 Å². The maximum atomic E-state index is 11.0. The fourth-order valence-electron chi connectivity index (χ4n) is 1.83. The zero-order valence-electron chi connectivity index (χ0n) is 10.3. The molecule has 1 heterocycles. The van der Waals surface area contributed by atoms with Crippen LogP contribution in [0.4, 0.5) is 11.4 Å². The number of benzene rings is 1. The molecule has 0 bridgehead atoms. The van der Waals surface area contributed by atoms with E-state index in [2.05, 4.69) is 4.98 Å². The molecule has 0 aliphatic rings. The van der Waals surface area contributed by atoms with Crippen molar-refractivity contribution < 1.29 is 9.85 Å². The van der Waals surface area contributed by atoms with Gasteiger partial charge >= 0.3 is 0 Å². The number of nitro groups is 2. The van der Waals surface area contributed by atoms with E-state index in [9.17, 15) is 20.2 Å². The lowest BCUT2D eigenvalue weighted by Crippen LogP contribution is -2.10. The molecule has 2 rings (SSSR count). The highest BCUT2D eigenvalue weighted by Crippen LogP contribution is 2.25. The highest BCUT2D eigenvalue weighted by atomic mass is 16.6. The minimum atomic E-state index is -0.667. The molecule has 0 spiro atoms. The van der Waals surface area contributed by atoms with Crippen molar-refractivity contribution in [1.29, 1.82) is 0 Å². The molecule has 9 heteroatoms. The van der Waals surface area contributed by atoms with Crippen LogP contribution < -0.4 is 5.73 Å². The molecule has 0 atom stereocenters. The van der Waals surface area contributed by atoms with Gasteiger partial charge in [0, 0.05) is 18.5 Å². The topological polar surface area (TPSA) is 130 Å². The second-order valence-corrected chi connectivity index (χ2v) is 4.00. The lowest BCUT2D eigenvalue weighted by molar-refractivity contribution is -0.394. The minimum absolute atomic E-state index is 0.181. The van der Waals surface area contributed by atoms with Gasteiger partial charge in [-0.25, -0.2) is 4.98 Å². The monoisotopic (exact) mass is 277 g/mol. The van der Waals surface area contributed by atoms with Crippen LogP contribution >= 0.6 is 0 Å². The number of aromatic nitrogens is 2. The van der Waals surface area contributed by atoms with Crippen molar-refractivity contribution in [2.45, 2.75) is 13.1 Å². The molecule has 0 fully saturated rings. The molecule has 9 nitrogen and oxygen atoms in total. The molecule has 2 N–H and O–H groups in total. The van der Waals surface area contributed by atoms with Crippen LogP contribution in [0.15, 0.2) is 30.6 Å². The van der Waals surface area contributed by atoms with Gasteiger partial charge in [-0.15, -0.1) is 0 Å². The molecule has 0 aliphatic carbocycles. The van der Waals surface area contributed by atoms with Gasteiger partial charge in [0.1, 0.15) is 5.82 Å². The van der Waals surface area contributed by atoms with Gasteiger partial charge in [-0.3, -0.25) is 20.2 Å². The average molecular weight is 277 g/mol. The molecule has 1 aromatic heterocycles. The zero-order valence-corrected chi connectivity index (χ0v) is 10.3. The van der Waals surface area contributed by atoms with Crippen LogP contribution in [-0.4, -0.2) is 19.4 Å². The average Bonchev–Trinajstić information content (AvgIpc) is 2.85. The predicted octanol–water partition coefficient (Wildman–Crippen LogP) is 1.21. The van der Waals surface area contributed by atoms with E-state index in [0.717, 1.165) is 6.07 Å². The highest BCUT2D eigenvalue weighted by Gasteiger charge is 2.19. The van der Waals surface area contributed by atoms with Crippen LogP contribution in [0.3, 0.4) is 0 Å². The third kappa shape index (κ3) is 2.62. The largest absolute Gasteiger partial charge is 0.329 e. The molecule has 0 saturated carbocycles. The third-order valence-electron chi connectivity index (χ3n) is 2.80. The number of imidazole rings is 1. The zero-order chi connectivity index (χ0) is 14.7. The second-order valence-electron chi connectivity index (χ2n) is 4.00. The Bertz CT molecular complexity index is 667. The molecule has 0 amide bonds. The van der Waals surface area contributed by atoms with Crippen LogP contribution in [-0.2, 0) is 13.1 Å². The molecule has 0 radical (unpaired) electrons. The Hall–Kier alpha value is -2.81. The van der Waals surface area contributed by atoms with Crippen molar-refractivity contribution in [3.63, 3.8) is 0 Å². The summed E-state index contributed by atoms with van der Waals surface area (Å²) in [5.41, 5.74) is 5.25. The van der Waals surface area contributed by atoms with Crippen molar-refractivity contribution in [3.05, 3.63) is 62.2 Å². The molecule has 1 aromatic carbocycles. The summed E-state index contributed by atoms with van der Waals surface area (Å²) in [7, 11) is 0. The number of nitrogens with zero attached hydrogens (tertiary/aromatic N) is 4. The van der Waals surface area contributed by atoms with E-state index in [0.29, 0.717) is 11.4 Å². The summed E-state index contributed by atoms with van der Waals surface area (Å²) in [6.45, 7) is 0.384. The number of nitrogens with two attached hydrogens (primary N) is 1. The van der Waals surface area contributed by atoms with E-state index in [1.807, 2.05) is 0 Å². The number of nitro benzene ring substituents is 2. The molecule has 0 unspecified atom stereocenters. The maximum Gasteiger partial charge on any atom is 0.281 e. The van der Waals surface area contributed by atoms with Gasteiger partial charge in [0.15, 0.2) is 0 Å². The minimum Gasteiger partial charge on any atom is -0.329 e. The van der Waals surface area contributed by atoms with Crippen molar-refractivity contribution >= 4 is 11.4 Å². The summed E-state index contributed by atoms with van der Waals surface area (Å²) < 4.78 is 1.66. The fourth-order valence-corrected chi connectivity index (χ4v) is 1.83. The Morgan fingerprint density at radius 3 is 2.60 bits per heavy atom. The van der Waals surface area contributed by atoms with Crippen molar-refractivity contribution in [3.8, 4) is 0 Å². The van der Waals surface area contributed by atoms with E-state index >= 15 is 0 Å². The van der Waals surface area contributed by atoms with Gasteiger partial charge in [-0.1, -0.05) is 0 Å². The third-order valence-corrected chi connectivity index (χ3v) is 2.80. The van der Waals surface area contributed by atoms with Gasteiger partial charge in [0.05, 0.1) is 34.6 Å². The van der Waals surface area contributed by atoms with Crippen LogP contribution in [0.25, 0.3) is 0 Å². The van der Waals surface area contributed by atoms with Crippen LogP contribution in [0, 0.1) is 20.2 Å². The maximum absolute atomic E-state index is 11.0. The summed E-state index contributed by atoms with van der Waals surface area (Å²) in [6.07, 6.45) is 3.19. The molecular weight excluding hydrogens is 266 g/mol. The fraction of sp³-hybridized carbons (Fsp3) is 0.182. The lowest BCUT2D eigenvalue weighted by atomic mass is 10.1. The number of hydrogen-bond donors (Lipinski definition) is 1. The number of non-ortho nitro benzene ring substituents is 1. The quantitative estimate of drug-likeness (QED) is 0.645. The number of hydrogen-bond acceptors (Lipinski definition) is 6. The normalized spacial score (nSPS) is 10.4. The molecule has 0 saturated heterocycles. The van der Waals surface area contributed by atoms with Crippen molar-refractivity contribution in [2.24, 2.45) is 5.73 Å². The van der Waals surface area contributed by atoms with Gasteiger partial charge in [-0.05, 0) is 6.07 Å². The first-order chi connectivity index (χ1) is 9.52. The Balaban J connectivity index is 2.41. The molecule has 104 valence electrons. The van der Waals surface area contributed by atoms with Crippen molar-refractivity contribution in [1.82, 2.24) is 9.55 Å². The van der Waals surface area contributed by atoms with Gasteiger partial charge in [-0.2, -0.15) is 0 Å². The Morgan fingerprint density at radius 1 is 1.25 bits per heavy atom. The first-order valence-corrected chi connectivity index (χ1v) is 5.64. The summed E-state index contributed by atoms with van der Waals surface area (Å²) in [5.74, 6) is 0.581. The Kier molecular flexibility index (Phi) is 3.71. The van der Waals surface area contributed by atoms with E-state index in [1.54, 1.807) is 17.0 Å². The van der Waals surface area contributed by atoms with Crippen LogP contribution in [0.2, 0.25) is 0 Å². The smallest absolute Gasteiger partial charge is 0.281 e. The van der Waals surface area contributed by atoms with E-state index in [4.69, 9.17) is 5.73 Å². The summed E-state index contributed by atoms with van der Waals surface area (Å²) >= 11 is 0. The first kappa shape index (κ1) is 13.6. The number of rotatable bonds is 5. The van der Waals surface area contributed by atoms with Crippen molar-refractivity contribution in [2.75, 3.05) is 0 Å². The van der Waals surface area contributed by atoms with E-state index in [1.165, 1.54) is 12.1 Å². The highest BCUT2D eigenvalue weighted by molar-refractivity contribution is 5.49. The Morgan fingerprint density at radius 2 is 2.00 bits per heavy atom. The Labute approximate surface area is 113 Å². The molecular formula is C11H11N5O4. The van der Waals surface area contributed by atoms with Gasteiger partial charge in [0.2, 0.25) is 0 Å². The first-order valence-electron chi connectivity index (χ1n) is 5.64. The van der Waals surface area contributed by atoms with Crippen LogP contribution in [0.1, 0.15) is 11.4 Å². The van der Waals surface area contributed by atoms with Gasteiger partial charge < -0.3 is 10.3 Å². The summed E-state index contributed by atoms with van der Waals surface area (Å²) in [6, 6.07) is 3.56. The second kappa shape index (κ2) is 5.45. The standard InChI is InChI=1S/C11H11N5O4/c12-6-11-13-3-4-14(11)7-8-1-2-9(15(17)18)5-10(8)16(19)20/h1-5H,6-7,12H2. The molecule has 0 aliphatic heterocycles. The summed E-state index contributed by atoms with van der Waals surface area (Å²) in [4.78, 5) is 24.4. The SMILES string of the molecule is NCc1nccn1Cc1ccc([N+](=O)[O-])cc1[N+](=O)[O-]. The predicted molar refractivity (Wildman–Crippen MR) is 69.0 cm³/mol. The molecule has 20 heavy (non-hydrogen) atoms. The van der Waals surface area contributed by atoms with E-state index < -0.39 is 9.85 Å².